The van der Waals surface area contributed by atoms with E-state index in [4.69, 9.17) is 5.11 Å². The Morgan fingerprint density at radius 3 is 2.69 bits per heavy atom. The Bertz CT molecular complexity index is 372. The van der Waals surface area contributed by atoms with Crippen LogP contribution < -0.4 is 5.32 Å². The third kappa shape index (κ3) is 3.35. The molecule has 5 heteroatoms. The van der Waals surface area contributed by atoms with Crippen LogP contribution in [-0.2, 0) is 0 Å². The first kappa shape index (κ1) is 13.3. The minimum Gasteiger partial charge on any atom is -0.392 e. The van der Waals surface area contributed by atoms with Crippen molar-refractivity contribution in [3.8, 4) is 0 Å². The Labute approximate surface area is 104 Å². The van der Waals surface area contributed by atoms with Gasteiger partial charge < -0.3 is 15.0 Å². The second kappa shape index (κ2) is 5.50. The standard InChI is InChI=1S/C11H17BrN2O2/c1-7(2)14-6-9(12)4-10(14)11(16)13-5-8(3)15/h4,6-8,15H,5H2,1-3H3,(H,13,16)/t8-/m1/s1. The van der Waals surface area contributed by atoms with E-state index in [0.717, 1.165) is 4.47 Å². The molecule has 4 nitrogen and oxygen atoms in total. The SMILES string of the molecule is CC(C)n1cc(Br)cc1C(=O)NC[C@@H](C)O. The average Bonchev–Trinajstić information content (AvgIpc) is 2.56. The molecule has 1 heterocycles. The van der Waals surface area contributed by atoms with E-state index in [2.05, 4.69) is 21.2 Å². The Balaban J connectivity index is 2.82. The lowest BCUT2D eigenvalue weighted by Gasteiger charge is -2.13. The van der Waals surface area contributed by atoms with Gasteiger partial charge in [-0.2, -0.15) is 0 Å². The number of aliphatic hydroxyl groups excluding tert-OH is 1. The molecule has 0 aliphatic carbocycles. The van der Waals surface area contributed by atoms with Crippen molar-refractivity contribution in [2.24, 2.45) is 0 Å². The molecule has 90 valence electrons. The van der Waals surface area contributed by atoms with E-state index < -0.39 is 6.10 Å². The average molecular weight is 289 g/mol. The summed E-state index contributed by atoms with van der Waals surface area (Å²) in [5.74, 6) is -0.166. The van der Waals surface area contributed by atoms with Crippen LogP contribution >= 0.6 is 15.9 Å². The molecule has 2 N–H and O–H groups in total. The van der Waals surface area contributed by atoms with Gasteiger partial charge in [0.25, 0.3) is 5.91 Å². The van der Waals surface area contributed by atoms with Crippen LogP contribution in [0.4, 0.5) is 0 Å². The van der Waals surface area contributed by atoms with E-state index in [-0.39, 0.29) is 18.5 Å². The van der Waals surface area contributed by atoms with Gasteiger partial charge >= 0.3 is 0 Å². The lowest BCUT2D eigenvalue weighted by Crippen LogP contribution is -2.32. The third-order valence-corrected chi connectivity index (χ3v) is 2.60. The van der Waals surface area contributed by atoms with Crippen molar-refractivity contribution in [1.82, 2.24) is 9.88 Å². The van der Waals surface area contributed by atoms with Crippen molar-refractivity contribution in [3.05, 3.63) is 22.4 Å². The molecule has 0 bridgehead atoms. The highest BCUT2D eigenvalue weighted by Gasteiger charge is 2.14. The molecule has 0 aliphatic rings. The number of carbonyl (C=O) groups is 1. The largest absolute Gasteiger partial charge is 0.392 e. The maximum Gasteiger partial charge on any atom is 0.268 e. The lowest BCUT2D eigenvalue weighted by atomic mass is 10.3. The monoisotopic (exact) mass is 288 g/mol. The van der Waals surface area contributed by atoms with Gasteiger partial charge in [0.15, 0.2) is 0 Å². The molecular weight excluding hydrogens is 272 g/mol. The topological polar surface area (TPSA) is 54.3 Å². The second-order valence-electron chi connectivity index (χ2n) is 4.10. The number of hydrogen-bond donors (Lipinski definition) is 2. The number of nitrogens with one attached hydrogen (secondary N) is 1. The first-order chi connectivity index (χ1) is 7.41. The van der Waals surface area contributed by atoms with Crippen molar-refractivity contribution in [2.45, 2.75) is 32.9 Å². The summed E-state index contributed by atoms with van der Waals surface area (Å²) in [5, 5.41) is 11.8. The second-order valence-corrected chi connectivity index (χ2v) is 5.02. The fourth-order valence-electron chi connectivity index (χ4n) is 1.39. The highest BCUT2D eigenvalue weighted by Crippen LogP contribution is 2.19. The minimum atomic E-state index is -0.533. The van der Waals surface area contributed by atoms with E-state index in [1.807, 2.05) is 24.6 Å². The van der Waals surface area contributed by atoms with Crippen LogP contribution in [0.5, 0.6) is 0 Å². The summed E-state index contributed by atoms with van der Waals surface area (Å²) >= 11 is 3.35. The summed E-state index contributed by atoms with van der Waals surface area (Å²) in [6.07, 6.45) is 1.34. The fraction of sp³-hybridized carbons (Fsp3) is 0.545. The third-order valence-electron chi connectivity index (χ3n) is 2.16. The number of amides is 1. The van der Waals surface area contributed by atoms with Crippen LogP contribution in [0.25, 0.3) is 0 Å². The molecule has 1 rings (SSSR count). The minimum absolute atomic E-state index is 0.166. The molecular formula is C11H17BrN2O2. The molecule has 1 atom stereocenters. The molecule has 1 amide bonds. The summed E-state index contributed by atoms with van der Waals surface area (Å²) in [4.78, 5) is 11.8. The van der Waals surface area contributed by atoms with Crippen molar-refractivity contribution in [2.75, 3.05) is 6.54 Å². The summed E-state index contributed by atoms with van der Waals surface area (Å²) < 4.78 is 2.77. The number of aliphatic hydroxyl groups is 1. The van der Waals surface area contributed by atoms with E-state index in [1.54, 1.807) is 13.0 Å². The zero-order chi connectivity index (χ0) is 12.3. The van der Waals surface area contributed by atoms with Crippen molar-refractivity contribution in [3.63, 3.8) is 0 Å². The molecule has 0 saturated carbocycles. The van der Waals surface area contributed by atoms with Crippen molar-refractivity contribution in [1.29, 1.82) is 0 Å². The molecule has 16 heavy (non-hydrogen) atoms. The van der Waals surface area contributed by atoms with Gasteiger partial charge in [0, 0.05) is 23.3 Å². The zero-order valence-corrected chi connectivity index (χ0v) is 11.3. The maximum atomic E-state index is 11.8. The van der Waals surface area contributed by atoms with Crippen LogP contribution in [0.1, 0.15) is 37.3 Å². The highest BCUT2D eigenvalue weighted by atomic mass is 79.9. The van der Waals surface area contributed by atoms with E-state index >= 15 is 0 Å². The normalized spacial score (nSPS) is 12.9. The fourth-order valence-corrected chi connectivity index (χ4v) is 1.82. The van der Waals surface area contributed by atoms with Gasteiger partial charge in [0.05, 0.1) is 6.10 Å². The summed E-state index contributed by atoms with van der Waals surface area (Å²) in [5.41, 5.74) is 0.600. The van der Waals surface area contributed by atoms with Gasteiger partial charge in [-0.1, -0.05) is 0 Å². The smallest absolute Gasteiger partial charge is 0.268 e. The molecule has 0 spiro atoms. The number of aromatic nitrogens is 1. The van der Waals surface area contributed by atoms with Gasteiger partial charge in [-0.25, -0.2) is 0 Å². The van der Waals surface area contributed by atoms with Gasteiger partial charge in [-0.3, -0.25) is 4.79 Å². The van der Waals surface area contributed by atoms with E-state index in [1.165, 1.54) is 0 Å². The summed E-state index contributed by atoms with van der Waals surface area (Å²) in [6, 6.07) is 2.00. The maximum absolute atomic E-state index is 11.8. The van der Waals surface area contributed by atoms with Crippen LogP contribution in [-0.4, -0.2) is 28.2 Å². The molecule has 0 aliphatic heterocycles. The van der Waals surface area contributed by atoms with Gasteiger partial charge in [-0.15, -0.1) is 0 Å². The quantitative estimate of drug-likeness (QED) is 0.890. The molecule has 1 aromatic rings. The molecule has 0 fully saturated rings. The number of carbonyl (C=O) groups excluding carboxylic acids is 1. The predicted octanol–water partition coefficient (Wildman–Crippen LogP) is 1.94. The lowest BCUT2D eigenvalue weighted by molar-refractivity contribution is 0.0913. The predicted molar refractivity (Wildman–Crippen MR) is 66.5 cm³/mol. The number of hydrogen-bond acceptors (Lipinski definition) is 2. The van der Waals surface area contributed by atoms with E-state index in [9.17, 15) is 4.79 Å². The summed E-state index contributed by atoms with van der Waals surface area (Å²) in [6.45, 7) is 5.92. The highest BCUT2D eigenvalue weighted by molar-refractivity contribution is 9.10. The van der Waals surface area contributed by atoms with Crippen LogP contribution in [0, 0.1) is 0 Å². The van der Waals surface area contributed by atoms with Gasteiger partial charge in [-0.05, 0) is 42.8 Å². The van der Waals surface area contributed by atoms with Crippen LogP contribution in [0.15, 0.2) is 16.7 Å². The zero-order valence-electron chi connectivity index (χ0n) is 9.70. The summed E-state index contributed by atoms with van der Waals surface area (Å²) in [7, 11) is 0. The Morgan fingerprint density at radius 1 is 1.56 bits per heavy atom. The Kier molecular flexibility index (Phi) is 4.56. The molecule has 0 aromatic carbocycles. The van der Waals surface area contributed by atoms with Gasteiger partial charge in [0.1, 0.15) is 5.69 Å². The Morgan fingerprint density at radius 2 is 2.19 bits per heavy atom. The first-order valence-electron chi connectivity index (χ1n) is 5.25. The Hall–Kier alpha value is -0.810. The van der Waals surface area contributed by atoms with E-state index in [0.29, 0.717) is 5.69 Å². The van der Waals surface area contributed by atoms with Crippen LogP contribution in [0.3, 0.4) is 0 Å². The number of halogens is 1. The van der Waals surface area contributed by atoms with Crippen LogP contribution in [0.2, 0.25) is 0 Å². The molecule has 0 radical (unpaired) electrons. The van der Waals surface area contributed by atoms with Crippen molar-refractivity contribution >= 4 is 21.8 Å². The molecule has 0 unspecified atom stereocenters. The number of nitrogens with zero attached hydrogens (tertiary/aromatic N) is 1. The first-order valence-corrected chi connectivity index (χ1v) is 6.04. The number of rotatable bonds is 4. The van der Waals surface area contributed by atoms with Gasteiger partial charge in [0.2, 0.25) is 0 Å². The molecule has 1 aromatic heterocycles. The molecule has 0 saturated heterocycles. The van der Waals surface area contributed by atoms with Crippen molar-refractivity contribution < 1.29 is 9.90 Å².